The predicted molar refractivity (Wildman–Crippen MR) is 54.8 cm³/mol. The molecule has 0 rings (SSSR count). The first-order chi connectivity index (χ1) is 3.13. The maximum Gasteiger partial charge on any atom is 0.177 e. The van der Waals surface area contributed by atoms with Crippen LogP contribution in [0.3, 0.4) is 0 Å². The summed E-state index contributed by atoms with van der Waals surface area (Å²) in [7, 11) is 0. The number of hydrogen-bond donors (Lipinski definition) is 0. The van der Waals surface area contributed by atoms with Crippen LogP contribution in [0.15, 0.2) is 0 Å². The Morgan fingerprint density at radius 3 is 1.86 bits per heavy atom. The zero-order valence-corrected chi connectivity index (χ0v) is 10.1. The molecule has 0 aromatic carbocycles. The zero-order valence-electron chi connectivity index (χ0n) is 4.62. The van der Waals surface area contributed by atoms with Crippen molar-refractivity contribution in [2.24, 2.45) is 5.92 Å². The summed E-state index contributed by atoms with van der Waals surface area (Å²) in [6.07, 6.45) is 0. The van der Waals surface area contributed by atoms with Gasteiger partial charge in [-0.1, -0.05) is 13.8 Å². The molecule has 0 radical (unpaired) electrons. The van der Waals surface area contributed by atoms with Gasteiger partial charge in [-0.3, -0.25) is 0 Å². The topological polar surface area (TPSA) is 0 Å². The molecule has 0 aromatic heterocycles. The monoisotopic (exact) mass is 340 g/mol. The largest absolute Gasteiger partial charge is 0.177 e. The van der Waals surface area contributed by atoms with Crippen molar-refractivity contribution in [3.63, 3.8) is 0 Å². The molecule has 0 aliphatic rings. The molecule has 7 heavy (non-hydrogen) atoms. The zero-order chi connectivity index (χ0) is 5.86. The molecule has 0 bridgehead atoms. The van der Waals surface area contributed by atoms with Crippen LogP contribution in [0.5, 0.6) is 0 Å². The smallest absolute Gasteiger partial charge is 0.109 e. The van der Waals surface area contributed by atoms with Gasteiger partial charge in [0.2, 0.25) is 0 Å². The fourth-order valence-corrected chi connectivity index (χ4v) is 7.17. The quantitative estimate of drug-likeness (QED) is 0.412. The van der Waals surface area contributed by atoms with Crippen molar-refractivity contribution in [1.29, 1.82) is 0 Å². The maximum atomic E-state index is 2.58. The van der Waals surface area contributed by atoms with Crippen LogP contribution in [0, 0.1) is 5.92 Å². The van der Waals surface area contributed by atoms with E-state index in [-0.39, 0.29) is 3.79 Å². The Labute approximate surface area is 72.5 Å². The van der Waals surface area contributed by atoms with Crippen LogP contribution in [-0.2, 0) is 0 Å². The van der Waals surface area contributed by atoms with E-state index in [1.807, 2.05) is 0 Å². The fraction of sp³-hybridized carbons (Fsp3) is 1.00. The average molecular weight is 340 g/mol. The lowest BCUT2D eigenvalue weighted by molar-refractivity contribution is 0.734. The Morgan fingerprint density at radius 2 is 1.86 bits per heavy atom. The highest BCUT2D eigenvalue weighted by Gasteiger charge is 2.01. The van der Waals surface area contributed by atoms with E-state index in [0.29, 0.717) is 0 Å². The Morgan fingerprint density at radius 1 is 1.43 bits per heavy atom. The Kier molecular flexibility index (Phi) is 5.63. The van der Waals surface area contributed by atoms with Crippen LogP contribution < -0.4 is 0 Å². The first kappa shape index (κ1) is 8.68. The van der Waals surface area contributed by atoms with E-state index in [1.54, 1.807) is 0 Å². The Bertz CT molecular complexity index is 39.0. The minimum absolute atomic E-state index is 0.288. The summed E-state index contributed by atoms with van der Waals surface area (Å²) >= 11 is 5.17. The van der Waals surface area contributed by atoms with Gasteiger partial charge in [0, 0.05) is 0 Å². The molecule has 0 saturated carbocycles. The van der Waals surface area contributed by atoms with E-state index >= 15 is 0 Å². The van der Waals surface area contributed by atoms with Gasteiger partial charge in [-0.25, -0.2) is 0 Å². The van der Waals surface area contributed by atoms with Crippen LogP contribution >= 0.6 is 43.6 Å². The third-order valence-corrected chi connectivity index (χ3v) is 5.00. The third-order valence-electron chi connectivity index (χ3n) is 0.650. The maximum absolute atomic E-state index is 2.58. The van der Waals surface area contributed by atoms with Gasteiger partial charge in [-0.2, -0.15) is 0 Å². The van der Waals surface area contributed by atoms with Crippen LogP contribution in [0.25, 0.3) is 0 Å². The van der Waals surface area contributed by atoms with Gasteiger partial charge < -0.3 is 0 Å². The number of hydrogen-bond acceptors (Lipinski definition) is 0. The molecular weight excluding hydrogens is 330 g/mol. The predicted octanol–water partition coefficient (Wildman–Crippen LogP) is 2.73. The summed E-state index contributed by atoms with van der Waals surface area (Å²) in [5, 5.41) is 0. The molecule has 0 fully saturated rings. The highest BCUT2D eigenvalue weighted by molar-refractivity contribution is 14.3. The standard InChI is InChI=1S/C4H10I2Si/c1-4(2)3-7(5)6/h4,7H,3H2,1-2H3. The van der Waals surface area contributed by atoms with Crippen LogP contribution in [-0.4, -0.2) is 3.79 Å². The van der Waals surface area contributed by atoms with Gasteiger partial charge in [0.05, 0.1) is 0 Å². The van der Waals surface area contributed by atoms with Gasteiger partial charge in [0.1, 0.15) is 0 Å². The van der Waals surface area contributed by atoms with E-state index in [4.69, 9.17) is 0 Å². The molecule has 0 nitrogen and oxygen atoms in total. The van der Waals surface area contributed by atoms with E-state index in [2.05, 4.69) is 57.4 Å². The molecule has 0 amide bonds. The van der Waals surface area contributed by atoms with Crippen molar-refractivity contribution in [2.45, 2.75) is 19.9 Å². The molecule has 0 aromatic rings. The minimum Gasteiger partial charge on any atom is -0.109 e. The van der Waals surface area contributed by atoms with E-state index < -0.39 is 0 Å². The van der Waals surface area contributed by atoms with E-state index in [1.165, 1.54) is 6.04 Å². The first-order valence-electron chi connectivity index (χ1n) is 2.41. The van der Waals surface area contributed by atoms with Crippen LogP contribution in [0.4, 0.5) is 0 Å². The van der Waals surface area contributed by atoms with Crippen molar-refractivity contribution in [1.82, 2.24) is 0 Å². The van der Waals surface area contributed by atoms with Crippen molar-refractivity contribution < 1.29 is 0 Å². The van der Waals surface area contributed by atoms with Gasteiger partial charge in [0.15, 0.2) is 3.79 Å². The molecule has 0 atom stereocenters. The molecule has 0 unspecified atom stereocenters. The first-order valence-corrected chi connectivity index (χ1v) is 11.6. The van der Waals surface area contributed by atoms with Gasteiger partial charge in [-0.15, -0.1) is 43.6 Å². The molecule has 0 N–H and O–H groups in total. The molecule has 0 saturated heterocycles. The fourth-order valence-electron chi connectivity index (χ4n) is 0.356. The van der Waals surface area contributed by atoms with E-state index in [0.717, 1.165) is 5.92 Å². The summed E-state index contributed by atoms with van der Waals surface area (Å²) in [5.41, 5.74) is 0. The normalized spacial score (nSPS) is 11.1. The molecule has 0 spiro atoms. The lowest BCUT2D eigenvalue weighted by Crippen LogP contribution is -1.95. The highest BCUT2D eigenvalue weighted by atomic mass is 127. The second-order valence-electron chi connectivity index (χ2n) is 2.02. The van der Waals surface area contributed by atoms with Crippen LogP contribution in [0.1, 0.15) is 13.8 Å². The van der Waals surface area contributed by atoms with Gasteiger partial charge in [0.25, 0.3) is 0 Å². The molecular formula is C4H10I2Si. The second kappa shape index (κ2) is 4.55. The Hall–Kier alpha value is 1.68. The number of rotatable bonds is 2. The van der Waals surface area contributed by atoms with Crippen LogP contribution in [0.2, 0.25) is 6.04 Å². The number of halogens is 2. The molecule has 0 aliphatic carbocycles. The van der Waals surface area contributed by atoms with Gasteiger partial charge >= 0.3 is 0 Å². The lowest BCUT2D eigenvalue weighted by Gasteiger charge is -2.00. The highest BCUT2D eigenvalue weighted by Crippen LogP contribution is 2.15. The minimum atomic E-state index is -0.288. The van der Waals surface area contributed by atoms with Crippen molar-refractivity contribution in [3.8, 4) is 0 Å². The van der Waals surface area contributed by atoms with Crippen molar-refractivity contribution >= 4 is 47.4 Å². The summed E-state index contributed by atoms with van der Waals surface area (Å²) in [5.74, 6) is 0.922. The second-order valence-corrected chi connectivity index (χ2v) is 19.4. The summed E-state index contributed by atoms with van der Waals surface area (Å²) in [6.45, 7) is 4.58. The lowest BCUT2D eigenvalue weighted by atomic mass is 10.3. The molecule has 3 heteroatoms. The van der Waals surface area contributed by atoms with E-state index in [9.17, 15) is 0 Å². The summed E-state index contributed by atoms with van der Waals surface area (Å²) in [4.78, 5) is 0. The molecule has 44 valence electrons. The molecule has 0 heterocycles. The van der Waals surface area contributed by atoms with Crippen molar-refractivity contribution in [2.75, 3.05) is 0 Å². The molecule has 0 aliphatic heterocycles. The van der Waals surface area contributed by atoms with Gasteiger partial charge in [-0.05, 0) is 12.0 Å². The summed E-state index contributed by atoms with van der Waals surface area (Å²) < 4.78 is -0.288. The third kappa shape index (κ3) is 7.68. The Balaban J connectivity index is 2.95. The van der Waals surface area contributed by atoms with Crippen molar-refractivity contribution in [3.05, 3.63) is 0 Å². The average Bonchev–Trinajstić information content (AvgIpc) is 1.27. The summed E-state index contributed by atoms with van der Waals surface area (Å²) in [6, 6.07) is 1.47. The SMILES string of the molecule is CC(C)C[SiH](I)I.